The van der Waals surface area contributed by atoms with Gasteiger partial charge >= 0.3 is 0 Å². The van der Waals surface area contributed by atoms with Gasteiger partial charge in [0.2, 0.25) is 5.91 Å². The number of likely N-dealkylation sites (tertiary alicyclic amines) is 1. The molecule has 3 nitrogen and oxygen atoms in total. The molecule has 17 heavy (non-hydrogen) atoms. The lowest BCUT2D eigenvalue weighted by Crippen LogP contribution is -2.48. The van der Waals surface area contributed by atoms with E-state index in [1.54, 1.807) is 0 Å². The van der Waals surface area contributed by atoms with E-state index in [1.165, 1.54) is 38.6 Å². The lowest BCUT2D eigenvalue weighted by atomic mass is 9.74. The van der Waals surface area contributed by atoms with E-state index >= 15 is 0 Å². The fourth-order valence-corrected chi connectivity index (χ4v) is 3.46. The van der Waals surface area contributed by atoms with Crippen LogP contribution in [0.15, 0.2) is 0 Å². The molecule has 2 N–H and O–H groups in total. The number of amides is 1. The van der Waals surface area contributed by atoms with Crippen LogP contribution < -0.4 is 5.73 Å². The van der Waals surface area contributed by atoms with Gasteiger partial charge in [-0.2, -0.15) is 0 Å². The summed E-state index contributed by atoms with van der Waals surface area (Å²) in [6, 6.07) is 0. The van der Waals surface area contributed by atoms with Gasteiger partial charge in [0.1, 0.15) is 0 Å². The Kier molecular flexibility index (Phi) is 3.76. The number of hydrogen-bond donors (Lipinski definition) is 1. The van der Waals surface area contributed by atoms with Crippen molar-refractivity contribution in [1.82, 2.24) is 4.90 Å². The largest absolute Gasteiger partial charge is 0.369 e. The molecule has 0 aromatic rings. The zero-order valence-electron chi connectivity index (χ0n) is 11.2. The van der Waals surface area contributed by atoms with Crippen LogP contribution in [-0.2, 0) is 4.79 Å². The van der Waals surface area contributed by atoms with Crippen molar-refractivity contribution >= 4 is 5.91 Å². The van der Waals surface area contributed by atoms with Gasteiger partial charge in [-0.3, -0.25) is 4.79 Å². The van der Waals surface area contributed by atoms with Gasteiger partial charge in [-0.1, -0.05) is 19.3 Å². The maximum absolute atomic E-state index is 11.4. The lowest BCUT2D eigenvalue weighted by molar-refractivity contribution is -0.127. The highest BCUT2D eigenvalue weighted by molar-refractivity contribution is 5.80. The van der Waals surface area contributed by atoms with Crippen molar-refractivity contribution in [3.63, 3.8) is 0 Å². The number of piperidine rings is 1. The van der Waals surface area contributed by atoms with Gasteiger partial charge < -0.3 is 10.6 Å². The highest BCUT2D eigenvalue weighted by Gasteiger charge is 2.34. The Balaban J connectivity index is 1.89. The van der Waals surface area contributed by atoms with E-state index in [1.807, 2.05) is 13.8 Å². The summed E-state index contributed by atoms with van der Waals surface area (Å²) in [4.78, 5) is 13.8. The topological polar surface area (TPSA) is 46.3 Å². The summed E-state index contributed by atoms with van der Waals surface area (Å²) < 4.78 is 0. The molecule has 0 bridgehead atoms. The fraction of sp³-hybridized carbons (Fsp3) is 0.929. The molecule has 0 radical (unpaired) electrons. The molecule has 2 unspecified atom stereocenters. The third-order valence-electron chi connectivity index (χ3n) is 4.66. The van der Waals surface area contributed by atoms with E-state index in [4.69, 9.17) is 5.73 Å². The van der Waals surface area contributed by atoms with Crippen LogP contribution in [0.25, 0.3) is 0 Å². The Morgan fingerprint density at radius 1 is 1.24 bits per heavy atom. The van der Waals surface area contributed by atoms with Crippen LogP contribution >= 0.6 is 0 Å². The first-order valence-corrected chi connectivity index (χ1v) is 7.01. The van der Waals surface area contributed by atoms with Crippen LogP contribution in [0.5, 0.6) is 0 Å². The molecule has 1 saturated carbocycles. The molecule has 0 aromatic carbocycles. The summed E-state index contributed by atoms with van der Waals surface area (Å²) >= 11 is 0. The fourth-order valence-electron chi connectivity index (χ4n) is 3.46. The van der Waals surface area contributed by atoms with Crippen LogP contribution in [0.1, 0.15) is 46.0 Å². The van der Waals surface area contributed by atoms with Crippen LogP contribution in [0.4, 0.5) is 0 Å². The number of nitrogens with zero attached hydrogens (tertiary/aromatic N) is 1. The first-order chi connectivity index (χ1) is 7.99. The van der Waals surface area contributed by atoms with Crippen molar-refractivity contribution in [3.8, 4) is 0 Å². The van der Waals surface area contributed by atoms with Gasteiger partial charge in [-0.25, -0.2) is 0 Å². The third kappa shape index (κ3) is 3.01. The van der Waals surface area contributed by atoms with Crippen LogP contribution in [0.2, 0.25) is 0 Å². The number of rotatable bonds is 3. The normalized spacial score (nSPS) is 30.9. The molecule has 2 fully saturated rings. The number of primary amides is 1. The van der Waals surface area contributed by atoms with Gasteiger partial charge in [0, 0.05) is 13.1 Å². The minimum Gasteiger partial charge on any atom is -0.369 e. The van der Waals surface area contributed by atoms with Gasteiger partial charge in [0.05, 0.1) is 5.41 Å². The smallest absolute Gasteiger partial charge is 0.224 e. The predicted octanol–water partition coefficient (Wildman–Crippen LogP) is 2.01. The van der Waals surface area contributed by atoms with Gasteiger partial charge in [0.15, 0.2) is 0 Å². The van der Waals surface area contributed by atoms with E-state index in [0.29, 0.717) is 0 Å². The third-order valence-corrected chi connectivity index (χ3v) is 4.66. The molecule has 0 spiro atoms. The van der Waals surface area contributed by atoms with Gasteiger partial charge in [-0.15, -0.1) is 0 Å². The zero-order valence-corrected chi connectivity index (χ0v) is 11.2. The second kappa shape index (κ2) is 4.97. The van der Waals surface area contributed by atoms with Crippen LogP contribution in [0.3, 0.4) is 0 Å². The molecule has 1 aliphatic heterocycles. The van der Waals surface area contributed by atoms with Crippen molar-refractivity contribution in [3.05, 3.63) is 0 Å². The number of hydrogen-bond acceptors (Lipinski definition) is 2. The standard InChI is InChI=1S/C14H26N2O/c1-14(2,13(15)17)10-16-8-7-11-5-3-4-6-12(11)9-16/h11-12H,3-10H2,1-2H3,(H2,15,17). The summed E-state index contributed by atoms with van der Waals surface area (Å²) in [5.41, 5.74) is 5.07. The molecule has 1 amide bonds. The first-order valence-electron chi connectivity index (χ1n) is 7.01. The molecule has 1 saturated heterocycles. The Labute approximate surface area is 105 Å². The Hall–Kier alpha value is -0.570. The molecule has 2 rings (SSSR count). The molecule has 1 heterocycles. The molecule has 0 aromatic heterocycles. The number of carbonyl (C=O) groups excluding carboxylic acids is 1. The summed E-state index contributed by atoms with van der Waals surface area (Å²) in [6.07, 6.45) is 6.96. The number of fused-ring (bicyclic) bond motifs is 1. The molecular weight excluding hydrogens is 212 g/mol. The predicted molar refractivity (Wildman–Crippen MR) is 69.5 cm³/mol. The van der Waals surface area contributed by atoms with Crippen LogP contribution in [-0.4, -0.2) is 30.4 Å². The molecular formula is C14H26N2O. The van der Waals surface area contributed by atoms with Gasteiger partial charge in [0.25, 0.3) is 0 Å². The summed E-state index contributed by atoms with van der Waals surface area (Å²) in [6.45, 7) is 7.08. The number of carbonyl (C=O) groups is 1. The number of nitrogens with two attached hydrogens (primary N) is 1. The second-order valence-electron chi connectivity index (χ2n) is 6.58. The average molecular weight is 238 g/mol. The van der Waals surface area contributed by atoms with E-state index in [-0.39, 0.29) is 11.3 Å². The Morgan fingerprint density at radius 3 is 2.53 bits per heavy atom. The van der Waals surface area contributed by atoms with Gasteiger partial charge in [-0.05, 0) is 45.1 Å². The highest BCUT2D eigenvalue weighted by Crippen LogP contribution is 2.36. The van der Waals surface area contributed by atoms with Crippen LogP contribution in [0, 0.1) is 17.3 Å². The first kappa shape index (κ1) is 12.9. The lowest BCUT2D eigenvalue weighted by Gasteiger charge is -2.43. The average Bonchev–Trinajstić information content (AvgIpc) is 2.28. The SMILES string of the molecule is CC(C)(CN1CCC2CCCCC2C1)C(N)=O. The van der Waals surface area contributed by atoms with Crippen molar-refractivity contribution in [1.29, 1.82) is 0 Å². The highest BCUT2D eigenvalue weighted by atomic mass is 16.1. The van der Waals surface area contributed by atoms with Crippen molar-refractivity contribution in [2.75, 3.05) is 19.6 Å². The van der Waals surface area contributed by atoms with E-state index < -0.39 is 0 Å². The molecule has 2 atom stereocenters. The van der Waals surface area contributed by atoms with E-state index in [0.717, 1.165) is 24.9 Å². The minimum atomic E-state index is -0.387. The van der Waals surface area contributed by atoms with E-state index in [9.17, 15) is 4.79 Å². The summed E-state index contributed by atoms with van der Waals surface area (Å²) in [7, 11) is 0. The Bertz CT molecular complexity index is 288. The minimum absolute atomic E-state index is 0.178. The molecule has 2 aliphatic rings. The maximum Gasteiger partial charge on any atom is 0.224 e. The molecule has 1 aliphatic carbocycles. The van der Waals surface area contributed by atoms with Crippen molar-refractivity contribution in [2.45, 2.75) is 46.0 Å². The quantitative estimate of drug-likeness (QED) is 0.817. The summed E-state index contributed by atoms with van der Waals surface area (Å²) in [5, 5.41) is 0. The zero-order chi connectivity index (χ0) is 12.5. The monoisotopic (exact) mass is 238 g/mol. The molecule has 3 heteroatoms. The maximum atomic E-state index is 11.4. The second-order valence-corrected chi connectivity index (χ2v) is 6.58. The van der Waals surface area contributed by atoms with Crippen molar-refractivity contribution < 1.29 is 4.79 Å². The summed E-state index contributed by atoms with van der Waals surface area (Å²) in [5.74, 6) is 1.65. The van der Waals surface area contributed by atoms with Crippen molar-refractivity contribution in [2.24, 2.45) is 23.0 Å². The van der Waals surface area contributed by atoms with E-state index in [2.05, 4.69) is 4.90 Å². The molecule has 98 valence electrons. The Morgan fingerprint density at radius 2 is 1.88 bits per heavy atom.